The highest BCUT2D eigenvalue weighted by Gasteiger charge is 2.40. The molecule has 0 saturated heterocycles. The number of benzene rings is 2. The smallest absolute Gasteiger partial charge is 0.390 e. The van der Waals surface area contributed by atoms with Gasteiger partial charge in [-0.1, -0.05) is 63.6 Å². The SMILES string of the molecule is CC(C)c1cccc(-c2nc(O)nc(-c3cc(CNC(=O)C(C)(C)CC(F)(F)F)ccc3Cl)n2)c1. The van der Waals surface area contributed by atoms with Gasteiger partial charge in [0.05, 0.1) is 16.9 Å². The van der Waals surface area contributed by atoms with E-state index in [-0.39, 0.29) is 24.1 Å². The summed E-state index contributed by atoms with van der Waals surface area (Å²) in [6.45, 7) is 6.58. The van der Waals surface area contributed by atoms with Crippen molar-refractivity contribution in [2.24, 2.45) is 5.41 Å². The Balaban J connectivity index is 1.88. The summed E-state index contributed by atoms with van der Waals surface area (Å²) in [7, 11) is 0. The third-order valence-electron chi connectivity index (χ3n) is 5.42. The van der Waals surface area contributed by atoms with Gasteiger partial charge in [-0.3, -0.25) is 4.79 Å². The van der Waals surface area contributed by atoms with Gasteiger partial charge in [0.2, 0.25) is 5.91 Å². The Kier molecular flexibility index (Phi) is 7.69. The number of rotatable bonds is 7. The van der Waals surface area contributed by atoms with E-state index >= 15 is 0 Å². The standard InChI is InChI=1S/C25H26ClF3N4O2/c1-14(2)16-6-5-7-17(11-16)20-31-21(33-23(35)32-20)18-10-15(8-9-19(18)26)12-30-22(34)24(3,4)13-25(27,28)29/h5-11,14H,12-13H2,1-4H3,(H,30,34)(H,31,32,33,35). The first-order valence-electron chi connectivity index (χ1n) is 10.9. The van der Waals surface area contributed by atoms with E-state index in [2.05, 4.69) is 34.1 Å². The van der Waals surface area contributed by atoms with Crippen LogP contribution in [0.4, 0.5) is 13.2 Å². The summed E-state index contributed by atoms with van der Waals surface area (Å²) >= 11 is 6.36. The quantitative estimate of drug-likeness (QED) is 0.393. The number of nitrogens with zero attached hydrogens (tertiary/aromatic N) is 3. The number of amides is 1. The van der Waals surface area contributed by atoms with Gasteiger partial charge in [0.15, 0.2) is 11.6 Å². The molecule has 0 aliphatic rings. The Labute approximate surface area is 206 Å². The summed E-state index contributed by atoms with van der Waals surface area (Å²) in [5, 5.41) is 13.0. The minimum Gasteiger partial charge on any atom is -0.479 e. The number of aromatic nitrogens is 3. The zero-order chi connectivity index (χ0) is 26.0. The molecular weight excluding hydrogens is 481 g/mol. The molecule has 0 radical (unpaired) electrons. The van der Waals surface area contributed by atoms with Gasteiger partial charge in [0, 0.05) is 17.7 Å². The van der Waals surface area contributed by atoms with E-state index < -0.39 is 29.9 Å². The van der Waals surface area contributed by atoms with E-state index in [1.165, 1.54) is 13.8 Å². The maximum atomic E-state index is 12.8. The summed E-state index contributed by atoms with van der Waals surface area (Å²) < 4.78 is 38.3. The number of halogens is 4. The lowest BCUT2D eigenvalue weighted by atomic mass is 9.88. The molecule has 2 aromatic carbocycles. The molecule has 35 heavy (non-hydrogen) atoms. The highest BCUT2D eigenvalue weighted by molar-refractivity contribution is 6.33. The molecule has 10 heteroatoms. The Bertz CT molecular complexity index is 1230. The van der Waals surface area contributed by atoms with E-state index in [4.69, 9.17) is 11.6 Å². The number of carbonyl (C=O) groups excluding carboxylic acids is 1. The number of hydrogen-bond donors (Lipinski definition) is 2. The molecule has 6 nitrogen and oxygen atoms in total. The van der Waals surface area contributed by atoms with Crippen LogP contribution < -0.4 is 5.32 Å². The van der Waals surface area contributed by atoms with Crippen LogP contribution in [-0.2, 0) is 11.3 Å². The van der Waals surface area contributed by atoms with E-state index in [0.29, 0.717) is 21.7 Å². The summed E-state index contributed by atoms with van der Waals surface area (Å²) in [6.07, 6.45) is -5.69. The molecule has 0 unspecified atom stereocenters. The van der Waals surface area contributed by atoms with Crippen molar-refractivity contribution in [2.75, 3.05) is 0 Å². The molecule has 0 aliphatic heterocycles. The van der Waals surface area contributed by atoms with E-state index in [0.717, 1.165) is 5.56 Å². The molecule has 3 aromatic rings. The molecule has 2 N–H and O–H groups in total. The van der Waals surface area contributed by atoms with Crippen LogP contribution in [0.1, 0.15) is 51.2 Å². The third-order valence-corrected chi connectivity index (χ3v) is 5.75. The second-order valence-corrected chi connectivity index (χ2v) is 9.64. The first kappa shape index (κ1) is 26.4. The molecule has 0 saturated carbocycles. The number of carbonyl (C=O) groups is 1. The minimum absolute atomic E-state index is 0.0232. The Morgan fingerprint density at radius 3 is 2.40 bits per heavy atom. The normalized spacial score (nSPS) is 12.1. The molecule has 0 atom stereocenters. The molecule has 1 heterocycles. The average molecular weight is 507 g/mol. The molecule has 0 fully saturated rings. The van der Waals surface area contributed by atoms with Gasteiger partial charge in [-0.25, -0.2) is 4.98 Å². The van der Waals surface area contributed by atoms with Crippen LogP contribution >= 0.6 is 11.6 Å². The van der Waals surface area contributed by atoms with Crippen LogP contribution in [0, 0.1) is 5.41 Å². The number of nitrogens with one attached hydrogen (secondary N) is 1. The number of aromatic hydroxyl groups is 1. The molecule has 186 valence electrons. The molecule has 1 amide bonds. The van der Waals surface area contributed by atoms with Gasteiger partial charge in [0.1, 0.15) is 0 Å². The lowest BCUT2D eigenvalue weighted by Gasteiger charge is -2.24. The largest absolute Gasteiger partial charge is 0.479 e. The first-order valence-corrected chi connectivity index (χ1v) is 11.3. The van der Waals surface area contributed by atoms with Gasteiger partial charge < -0.3 is 10.4 Å². The molecular formula is C25H26ClF3N4O2. The topological polar surface area (TPSA) is 88.0 Å². The number of hydrogen-bond acceptors (Lipinski definition) is 5. The minimum atomic E-state index is -4.46. The van der Waals surface area contributed by atoms with Crippen LogP contribution in [0.15, 0.2) is 42.5 Å². The van der Waals surface area contributed by atoms with Crippen LogP contribution in [0.5, 0.6) is 6.01 Å². The average Bonchev–Trinajstić information content (AvgIpc) is 2.76. The fraction of sp³-hybridized carbons (Fsp3) is 0.360. The van der Waals surface area contributed by atoms with Crippen LogP contribution in [0.25, 0.3) is 22.8 Å². The zero-order valence-corrected chi connectivity index (χ0v) is 20.5. The lowest BCUT2D eigenvalue weighted by molar-refractivity contribution is -0.164. The molecule has 0 aliphatic carbocycles. The fourth-order valence-corrected chi connectivity index (χ4v) is 3.71. The van der Waals surface area contributed by atoms with Crippen LogP contribution in [-0.4, -0.2) is 32.1 Å². The maximum absolute atomic E-state index is 12.8. The van der Waals surface area contributed by atoms with Gasteiger partial charge in [-0.05, 0) is 35.2 Å². The Hall–Kier alpha value is -3.20. The Morgan fingerprint density at radius 1 is 1.06 bits per heavy atom. The zero-order valence-electron chi connectivity index (χ0n) is 19.7. The van der Waals surface area contributed by atoms with Crippen molar-refractivity contribution in [3.8, 4) is 28.8 Å². The van der Waals surface area contributed by atoms with Crippen molar-refractivity contribution in [2.45, 2.75) is 52.8 Å². The Morgan fingerprint density at radius 2 is 1.74 bits per heavy atom. The summed E-state index contributed by atoms with van der Waals surface area (Å²) in [6, 6.07) is 11.9. The maximum Gasteiger partial charge on any atom is 0.390 e. The highest BCUT2D eigenvalue weighted by atomic mass is 35.5. The van der Waals surface area contributed by atoms with Gasteiger partial charge >= 0.3 is 12.2 Å². The monoisotopic (exact) mass is 506 g/mol. The van der Waals surface area contributed by atoms with Gasteiger partial charge in [0.25, 0.3) is 0 Å². The molecule has 0 bridgehead atoms. The van der Waals surface area contributed by atoms with E-state index in [9.17, 15) is 23.1 Å². The third kappa shape index (κ3) is 6.91. The molecule has 3 rings (SSSR count). The van der Waals surface area contributed by atoms with Crippen molar-refractivity contribution >= 4 is 17.5 Å². The molecule has 0 spiro atoms. The summed E-state index contributed by atoms with van der Waals surface area (Å²) in [5.41, 5.74) is 1.11. The number of alkyl halides is 3. The van der Waals surface area contributed by atoms with Crippen LogP contribution in [0.3, 0.4) is 0 Å². The van der Waals surface area contributed by atoms with E-state index in [1.807, 2.05) is 24.3 Å². The van der Waals surface area contributed by atoms with Crippen molar-refractivity contribution in [1.29, 1.82) is 0 Å². The van der Waals surface area contributed by atoms with Gasteiger partial charge in [-0.15, -0.1) is 0 Å². The highest BCUT2D eigenvalue weighted by Crippen LogP contribution is 2.34. The van der Waals surface area contributed by atoms with Crippen molar-refractivity contribution in [3.05, 3.63) is 58.6 Å². The second kappa shape index (κ2) is 10.2. The summed E-state index contributed by atoms with van der Waals surface area (Å²) in [5.74, 6) is -0.0551. The van der Waals surface area contributed by atoms with Crippen molar-refractivity contribution in [1.82, 2.24) is 20.3 Å². The van der Waals surface area contributed by atoms with Gasteiger partial charge in [-0.2, -0.15) is 23.1 Å². The summed E-state index contributed by atoms with van der Waals surface area (Å²) in [4.78, 5) is 24.9. The van der Waals surface area contributed by atoms with Crippen molar-refractivity contribution < 1.29 is 23.1 Å². The predicted molar refractivity (Wildman–Crippen MR) is 128 cm³/mol. The van der Waals surface area contributed by atoms with Crippen molar-refractivity contribution in [3.63, 3.8) is 0 Å². The van der Waals surface area contributed by atoms with Crippen LogP contribution in [0.2, 0.25) is 5.02 Å². The van der Waals surface area contributed by atoms with E-state index in [1.54, 1.807) is 18.2 Å². The molecule has 1 aromatic heterocycles. The fourth-order valence-electron chi connectivity index (χ4n) is 3.51. The lowest BCUT2D eigenvalue weighted by Crippen LogP contribution is -2.39. The first-order chi connectivity index (χ1) is 16.2. The predicted octanol–water partition coefficient (Wildman–Crippen LogP) is 6.28. The second-order valence-electron chi connectivity index (χ2n) is 9.24.